The summed E-state index contributed by atoms with van der Waals surface area (Å²) in [7, 11) is 0. The van der Waals surface area contributed by atoms with Gasteiger partial charge in [0.15, 0.2) is 5.78 Å². The third-order valence-electron chi connectivity index (χ3n) is 11.8. The standard InChI is InChI=1S/C30H40O6/c1-15-12-22(35-27(33)16(15)2)17(3)26-23(34-18(4)31)14-21-19-13-25-30(36-25)10-7-8-24(32)29(30,6)20(19)9-11-28(21,26)5/h7-8,17,19-23,25-26H,9-14H2,1-6H3/t17-,19-,20+,21+,22-,23-,25-,26+,28+,29+,30-/m1/s1. The van der Waals surface area contributed by atoms with Crippen molar-refractivity contribution in [3.05, 3.63) is 23.3 Å². The third kappa shape index (κ3) is 3.03. The van der Waals surface area contributed by atoms with Crippen LogP contribution in [0.1, 0.15) is 80.1 Å². The van der Waals surface area contributed by atoms with Crippen LogP contribution < -0.4 is 0 Å². The first kappa shape index (κ1) is 24.4. The number of cyclic esters (lactones) is 1. The van der Waals surface area contributed by atoms with Gasteiger partial charge in [-0.1, -0.05) is 25.5 Å². The molecule has 3 saturated carbocycles. The van der Waals surface area contributed by atoms with Crippen LogP contribution >= 0.6 is 0 Å². The van der Waals surface area contributed by atoms with Crippen molar-refractivity contribution in [3.8, 4) is 0 Å². The number of esters is 2. The van der Waals surface area contributed by atoms with Crippen molar-refractivity contribution in [3.63, 3.8) is 0 Å². The topological polar surface area (TPSA) is 82.2 Å². The van der Waals surface area contributed by atoms with E-state index >= 15 is 0 Å². The summed E-state index contributed by atoms with van der Waals surface area (Å²) in [6.07, 6.45) is 8.81. The van der Waals surface area contributed by atoms with Crippen molar-refractivity contribution in [1.82, 2.24) is 0 Å². The van der Waals surface area contributed by atoms with Crippen LogP contribution in [0.4, 0.5) is 0 Å². The summed E-state index contributed by atoms with van der Waals surface area (Å²) < 4.78 is 18.4. The highest BCUT2D eigenvalue weighted by atomic mass is 16.6. The van der Waals surface area contributed by atoms with Gasteiger partial charge in [0.2, 0.25) is 0 Å². The minimum absolute atomic E-state index is 0.0580. The molecule has 0 unspecified atom stereocenters. The lowest BCUT2D eigenvalue weighted by Gasteiger charge is -2.57. The Morgan fingerprint density at radius 2 is 1.92 bits per heavy atom. The first-order chi connectivity index (χ1) is 16.9. The summed E-state index contributed by atoms with van der Waals surface area (Å²) in [5, 5.41) is 0. The summed E-state index contributed by atoms with van der Waals surface area (Å²) in [5.74, 6) is 0.868. The van der Waals surface area contributed by atoms with Crippen LogP contribution in [0.5, 0.6) is 0 Å². The lowest BCUT2D eigenvalue weighted by Crippen LogP contribution is -2.60. The second-order valence-corrected chi connectivity index (χ2v) is 13.1. The van der Waals surface area contributed by atoms with Crippen LogP contribution in [0.2, 0.25) is 0 Å². The van der Waals surface area contributed by atoms with E-state index in [0.29, 0.717) is 17.4 Å². The van der Waals surface area contributed by atoms with Gasteiger partial charge < -0.3 is 14.2 Å². The molecule has 1 spiro atoms. The van der Waals surface area contributed by atoms with Gasteiger partial charge in [-0.2, -0.15) is 0 Å². The molecule has 6 rings (SSSR count). The maximum Gasteiger partial charge on any atom is 0.333 e. The molecular formula is C30H40O6. The Morgan fingerprint density at radius 3 is 2.61 bits per heavy atom. The third-order valence-corrected chi connectivity index (χ3v) is 11.8. The zero-order chi connectivity index (χ0) is 25.8. The van der Waals surface area contributed by atoms with E-state index in [1.54, 1.807) is 6.08 Å². The van der Waals surface area contributed by atoms with E-state index in [9.17, 15) is 14.4 Å². The van der Waals surface area contributed by atoms with E-state index in [4.69, 9.17) is 14.2 Å². The van der Waals surface area contributed by atoms with Gasteiger partial charge in [-0.3, -0.25) is 9.59 Å². The molecule has 2 heterocycles. The number of rotatable bonds is 3. The summed E-state index contributed by atoms with van der Waals surface area (Å²) >= 11 is 0. The fraction of sp³-hybridized carbons (Fsp3) is 0.767. The SMILES string of the molecule is CC(=O)O[C@@H]1C[C@H]2[C@@H]3C[C@H]4O[C@]45CC=CC(=O)[C@]5(C)[C@H]3CC[C@]2(C)[C@H]1[C@H](C)[C@H]1CC(C)=C(C)C(=O)O1. The highest BCUT2D eigenvalue weighted by molar-refractivity contribution is 5.97. The van der Waals surface area contributed by atoms with Crippen molar-refractivity contribution in [2.45, 2.75) is 104 Å². The molecule has 36 heavy (non-hydrogen) atoms. The van der Waals surface area contributed by atoms with Gasteiger partial charge >= 0.3 is 11.9 Å². The van der Waals surface area contributed by atoms with E-state index in [1.165, 1.54) is 6.92 Å². The molecular weight excluding hydrogens is 456 g/mol. The van der Waals surface area contributed by atoms with Gasteiger partial charge in [-0.15, -0.1) is 0 Å². The smallest absolute Gasteiger partial charge is 0.333 e. The molecule has 4 fully saturated rings. The van der Waals surface area contributed by atoms with Gasteiger partial charge in [0.1, 0.15) is 17.8 Å². The minimum atomic E-state index is -0.477. The normalized spacial score (nSPS) is 49.9. The monoisotopic (exact) mass is 496 g/mol. The number of allylic oxidation sites excluding steroid dienone is 1. The number of carbonyl (C=O) groups excluding carboxylic acids is 3. The molecule has 0 bridgehead atoms. The lowest BCUT2D eigenvalue weighted by molar-refractivity contribution is -0.161. The van der Waals surface area contributed by atoms with Gasteiger partial charge in [0.05, 0.1) is 11.5 Å². The molecule has 6 aliphatic rings. The van der Waals surface area contributed by atoms with Crippen LogP contribution in [-0.2, 0) is 28.6 Å². The van der Waals surface area contributed by atoms with E-state index in [-0.39, 0.29) is 64.8 Å². The Morgan fingerprint density at radius 1 is 1.17 bits per heavy atom. The van der Waals surface area contributed by atoms with E-state index in [2.05, 4.69) is 20.8 Å². The number of hydrogen-bond acceptors (Lipinski definition) is 6. The molecule has 11 atom stereocenters. The summed E-state index contributed by atoms with van der Waals surface area (Å²) in [6.45, 7) is 12.1. The summed E-state index contributed by atoms with van der Waals surface area (Å²) in [6, 6.07) is 0. The van der Waals surface area contributed by atoms with Crippen LogP contribution in [0.25, 0.3) is 0 Å². The summed E-state index contributed by atoms with van der Waals surface area (Å²) in [5.41, 5.74) is 0.945. The zero-order valence-corrected chi connectivity index (χ0v) is 22.5. The van der Waals surface area contributed by atoms with Crippen molar-refractivity contribution < 1.29 is 28.6 Å². The first-order valence-electron chi connectivity index (χ1n) is 13.9. The predicted octanol–water partition coefficient (Wildman–Crippen LogP) is 4.95. The van der Waals surface area contributed by atoms with Crippen molar-refractivity contribution in [2.24, 2.45) is 40.4 Å². The highest BCUT2D eigenvalue weighted by Gasteiger charge is 2.78. The summed E-state index contributed by atoms with van der Waals surface area (Å²) in [4.78, 5) is 38.2. The predicted molar refractivity (Wildman–Crippen MR) is 133 cm³/mol. The average molecular weight is 497 g/mol. The van der Waals surface area contributed by atoms with E-state index in [1.807, 2.05) is 19.9 Å². The Hall–Kier alpha value is -1.95. The first-order valence-corrected chi connectivity index (χ1v) is 13.9. The quantitative estimate of drug-likeness (QED) is 0.406. The van der Waals surface area contributed by atoms with Gasteiger partial charge in [0.25, 0.3) is 0 Å². The molecule has 0 aromatic rings. The maximum atomic E-state index is 13.4. The molecule has 196 valence electrons. The molecule has 2 aliphatic heterocycles. The number of ether oxygens (including phenoxy) is 3. The molecule has 6 nitrogen and oxygen atoms in total. The zero-order valence-electron chi connectivity index (χ0n) is 22.5. The molecule has 0 radical (unpaired) electrons. The van der Waals surface area contributed by atoms with Gasteiger partial charge in [0, 0.05) is 30.8 Å². The molecule has 0 N–H and O–H groups in total. The Labute approximate surface area is 214 Å². The fourth-order valence-corrected chi connectivity index (χ4v) is 9.83. The largest absolute Gasteiger partial charge is 0.462 e. The van der Waals surface area contributed by atoms with Gasteiger partial charge in [-0.05, 0) is 82.1 Å². The second kappa shape index (κ2) is 7.78. The maximum absolute atomic E-state index is 13.4. The van der Waals surface area contributed by atoms with Gasteiger partial charge in [-0.25, -0.2) is 4.79 Å². The van der Waals surface area contributed by atoms with Crippen LogP contribution in [0, 0.1) is 40.4 Å². The lowest BCUT2D eigenvalue weighted by atomic mass is 9.44. The van der Waals surface area contributed by atoms with Crippen LogP contribution in [-0.4, -0.2) is 41.6 Å². The average Bonchev–Trinajstić information content (AvgIpc) is 3.43. The van der Waals surface area contributed by atoms with Crippen LogP contribution in [0.15, 0.2) is 23.3 Å². The fourth-order valence-electron chi connectivity index (χ4n) is 9.83. The molecule has 0 amide bonds. The number of ketones is 1. The molecule has 0 aromatic heterocycles. The number of epoxide rings is 1. The van der Waals surface area contributed by atoms with Crippen LogP contribution in [0.3, 0.4) is 0 Å². The van der Waals surface area contributed by atoms with E-state index in [0.717, 1.165) is 44.1 Å². The number of hydrogen-bond donors (Lipinski definition) is 0. The second-order valence-electron chi connectivity index (χ2n) is 13.1. The number of carbonyl (C=O) groups is 3. The minimum Gasteiger partial charge on any atom is -0.462 e. The van der Waals surface area contributed by atoms with Crippen molar-refractivity contribution in [1.29, 1.82) is 0 Å². The number of fused-ring (bicyclic) bond motifs is 4. The molecule has 4 aliphatic carbocycles. The molecule has 1 saturated heterocycles. The Bertz CT molecular complexity index is 1090. The molecule has 6 heteroatoms. The van der Waals surface area contributed by atoms with Crippen molar-refractivity contribution >= 4 is 17.7 Å². The Balaban J connectivity index is 1.35. The van der Waals surface area contributed by atoms with Crippen molar-refractivity contribution in [2.75, 3.05) is 0 Å². The van der Waals surface area contributed by atoms with E-state index < -0.39 is 5.41 Å². The molecule has 0 aromatic carbocycles. The Kier molecular flexibility index (Phi) is 5.27. The highest BCUT2D eigenvalue weighted by Crippen LogP contribution is 2.73.